The van der Waals surface area contributed by atoms with E-state index < -0.39 is 0 Å². The van der Waals surface area contributed by atoms with Crippen molar-refractivity contribution in [2.24, 2.45) is 0 Å². The summed E-state index contributed by atoms with van der Waals surface area (Å²) in [6, 6.07) is 5.73. The molecular formula is C11H15BrN2O2. The van der Waals surface area contributed by atoms with Crippen molar-refractivity contribution >= 4 is 27.5 Å². The van der Waals surface area contributed by atoms with Gasteiger partial charge in [-0.1, -0.05) is 15.9 Å². The molecule has 5 heteroatoms. The summed E-state index contributed by atoms with van der Waals surface area (Å²) in [5, 5.41) is 5.90. The molecule has 1 aromatic rings. The van der Waals surface area contributed by atoms with Gasteiger partial charge in [0.25, 0.3) is 0 Å². The number of amides is 1. The Bertz CT molecular complexity index is 369. The molecule has 1 aromatic carbocycles. The zero-order valence-electron chi connectivity index (χ0n) is 9.34. The number of nitrogens with one attached hydrogen (secondary N) is 2. The monoisotopic (exact) mass is 286 g/mol. The molecule has 0 unspecified atom stereocenters. The maximum Gasteiger partial charge on any atom is 0.216 e. The van der Waals surface area contributed by atoms with Crippen molar-refractivity contribution in [3.05, 3.63) is 22.7 Å². The van der Waals surface area contributed by atoms with Crippen LogP contribution in [0.5, 0.6) is 5.75 Å². The molecule has 0 heterocycles. The number of ether oxygens (including phenoxy) is 1. The molecule has 0 fully saturated rings. The van der Waals surface area contributed by atoms with E-state index in [4.69, 9.17) is 4.74 Å². The van der Waals surface area contributed by atoms with E-state index >= 15 is 0 Å². The molecule has 1 rings (SSSR count). The van der Waals surface area contributed by atoms with Crippen LogP contribution in [0.15, 0.2) is 22.7 Å². The third-order valence-electron chi connectivity index (χ3n) is 1.98. The zero-order valence-corrected chi connectivity index (χ0v) is 10.9. The first-order valence-corrected chi connectivity index (χ1v) is 5.74. The van der Waals surface area contributed by atoms with Gasteiger partial charge in [-0.2, -0.15) is 0 Å². The Kier molecular flexibility index (Phi) is 5.11. The van der Waals surface area contributed by atoms with Gasteiger partial charge in [-0.25, -0.2) is 0 Å². The minimum Gasteiger partial charge on any atom is -0.495 e. The van der Waals surface area contributed by atoms with Crippen LogP contribution in [0.25, 0.3) is 0 Å². The van der Waals surface area contributed by atoms with Crippen molar-refractivity contribution in [2.75, 3.05) is 25.5 Å². The third-order valence-corrected chi connectivity index (χ3v) is 2.47. The first kappa shape index (κ1) is 12.8. The number of rotatable bonds is 5. The Labute approximate surface area is 103 Å². The second-order valence-electron chi connectivity index (χ2n) is 3.25. The Morgan fingerprint density at radius 1 is 1.44 bits per heavy atom. The summed E-state index contributed by atoms with van der Waals surface area (Å²) >= 11 is 3.39. The number of hydrogen-bond donors (Lipinski definition) is 2. The lowest BCUT2D eigenvalue weighted by Crippen LogP contribution is -2.26. The molecule has 4 nitrogen and oxygen atoms in total. The summed E-state index contributed by atoms with van der Waals surface area (Å²) in [5.74, 6) is 0.758. The molecule has 16 heavy (non-hydrogen) atoms. The average molecular weight is 287 g/mol. The minimum atomic E-state index is -0.0250. The van der Waals surface area contributed by atoms with Gasteiger partial charge in [-0.3, -0.25) is 4.79 Å². The summed E-state index contributed by atoms with van der Waals surface area (Å²) in [5.41, 5.74) is 0.905. The molecular weight excluding hydrogens is 272 g/mol. The van der Waals surface area contributed by atoms with Crippen LogP contribution in [0.2, 0.25) is 0 Å². The van der Waals surface area contributed by atoms with Crippen molar-refractivity contribution < 1.29 is 9.53 Å². The Balaban J connectivity index is 2.51. The molecule has 0 radical (unpaired) electrons. The number of anilines is 1. The fourth-order valence-electron chi connectivity index (χ4n) is 1.25. The van der Waals surface area contributed by atoms with E-state index in [1.165, 1.54) is 6.92 Å². The quantitative estimate of drug-likeness (QED) is 0.814. The number of methoxy groups -OCH3 is 1. The second kappa shape index (κ2) is 6.37. The summed E-state index contributed by atoms with van der Waals surface area (Å²) in [7, 11) is 1.63. The highest BCUT2D eigenvalue weighted by Gasteiger charge is 2.02. The second-order valence-corrected chi connectivity index (χ2v) is 4.17. The standard InChI is InChI=1S/C11H15BrN2O2/c1-8(15)13-5-6-14-10-7-9(12)3-4-11(10)16-2/h3-4,7,14H,5-6H2,1-2H3,(H,13,15). The summed E-state index contributed by atoms with van der Waals surface area (Å²) in [4.78, 5) is 10.7. The van der Waals surface area contributed by atoms with Gasteiger partial charge in [0, 0.05) is 24.5 Å². The topological polar surface area (TPSA) is 50.4 Å². The van der Waals surface area contributed by atoms with Gasteiger partial charge in [0.15, 0.2) is 0 Å². The number of carbonyl (C=O) groups excluding carboxylic acids is 1. The first-order valence-electron chi connectivity index (χ1n) is 4.95. The molecule has 0 saturated carbocycles. The molecule has 0 aromatic heterocycles. The van der Waals surface area contributed by atoms with E-state index in [2.05, 4.69) is 26.6 Å². The summed E-state index contributed by atoms with van der Waals surface area (Å²) in [6.45, 7) is 2.75. The van der Waals surface area contributed by atoms with E-state index in [9.17, 15) is 4.79 Å². The van der Waals surface area contributed by atoms with E-state index in [0.717, 1.165) is 15.9 Å². The largest absolute Gasteiger partial charge is 0.495 e. The SMILES string of the molecule is COc1ccc(Br)cc1NCCNC(C)=O. The Morgan fingerprint density at radius 3 is 2.81 bits per heavy atom. The predicted octanol–water partition coefficient (Wildman–Crippen LogP) is 2.01. The maximum atomic E-state index is 10.7. The lowest BCUT2D eigenvalue weighted by Gasteiger charge is -2.11. The molecule has 0 bridgehead atoms. The average Bonchev–Trinajstić information content (AvgIpc) is 2.24. The van der Waals surface area contributed by atoms with Crippen LogP contribution in [-0.4, -0.2) is 26.1 Å². The smallest absolute Gasteiger partial charge is 0.216 e. The van der Waals surface area contributed by atoms with Crippen LogP contribution in [0.4, 0.5) is 5.69 Å². The highest BCUT2D eigenvalue weighted by atomic mass is 79.9. The molecule has 0 aliphatic carbocycles. The van der Waals surface area contributed by atoms with Crippen LogP contribution >= 0.6 is 15.9 Å². The van der Waals surface area contributed by atoms with Gasteiger partial charge in [0.05, 0.1) is 12.8 Å². The number of hydrogen-bond acceptors (Lipinski definition) is 3. The lowest BCUT2D eigenvalue weighted by atomic mass is 10.3. The molecule has 2 N–H and O–H groups in total. The summed E-state index contributed by atoms with van der Waals surface area (Å²) in [6.07, 6.45) is 0. The van der Waals surface area contributed by atoms with E-state index in [1.54, 1.807) is 7.11 Å². The van der Waals surface area contributed by atoms with Crippen LogP contribution in [0, 0.1) is 0 Å². The fraction of sp³-hybridized carbons (Fsp3) is 0.364. The predicted molar refractivity (Wildman–Crippen MR) is 67.9 cm³/mol. The molecule has 0 atom stereocenters. The summed E-state index contributed by atoms with van der Waals surface area (Å²) < 4.78 is 6.19. The van der Waals surface area contributed by atoms with Crippen molar-refractivity contribution in [3.8, 4) is 5.75 Å². The highest BCUT2D eigenvalue weighted by molar-refractivity contribution is 9.10. The lowest BCUT2D eigenvalue weighted by molar-refractivity contribution is -0.118. The van der Waals surface area contributed by atoms with Crippen LogP contribution < -0.4 is 15.4 Å². The van der Waals surface area contributed by atoms with Crippen molar-refractivity contribution in [1.29, 1.82) is 0 Å². The van der Waals surface area contributed by atoms with E-state index in [1.807, 2.05) is 18.2 Å². The molecule has 0 aliphatic rings. The zero-order chi connectivity index (χ0) is 12.0. The van der Waals surface area contributed by atoms with Gasteiger partial charge >= 0.3 is 0 Å². The van der Waals surface area contributed by atoms with Crippen LogP contribution in [-0.2, 0) is 4.79 Å². The van der Waals surface area contributed by atoms with Gasteiger partial charge in [0.1, 0.15) is 5.75 Å². The normalized spacial score (nSPS) is 9.69. The van der Waals surface area contributed by atoms with Gasteiger partial charge < -0.3 is 15.4 Å². The third kappa shape index (κ3) is 4.10. The molecule has 0 aliphatic heterocycles. The van der Waals surface area contributed by atoms with Crippen molar-refractivity contribution in [3.63, 3.8) is 0 Å². The van der Waals surface area contributed by atoms with Gasteiger partial charge in [-0.05, 0) is 18.2 Å². The van der Waals surface area contributed by atoms with Crippen LogP contribution in [0.1, 0.15) is 6.92 Å². The van der Waals surface area contributed by atoms with Gasteiger partial charge in [-0.15, -0.1) is 0 Å². The molecule has 1 amide bonds. The van der Waals surface area contributed by atoms with Gasteiger partial charge in [0.2, 0.25) is 5.91 Å². The fourth-order valence-corrected chi connectivity index (χ4v) is 1.62. The first-order chi connectivity index (χ1) is 7.63. The number of halogens is 1. The molecule has 0 spiro atoms. The van der Waals surface area contributed by atoms with Crippen LogP contribution in [0.3, 0.4) is 0 Å². The molecule has 88 valence electrons. The van der Waals surface area contributed by atoms with Crippen molar-refractivity contribution in [2.45, 2.75) is 6.92 Å². The molecule has 0 saturated heterocycles. The van der Waals surface area contributed by atoms with E-state index in [-0.39, 0.29) is 5.91 Å². The maximum absolute atomic E-state index is 10.7. The Hall–Kier alpha value is -1.23. The number of benzene rings is 1. The minimum absolute atomic E-state index is 0.0250. The number of carbonyl (C=O) groups is 1. The van der Waals surface area contributed by atoms with Crippen molar-refractivity contribution in [1.82, 2.24) is 5.32 Å². The van der Waals surface area contributed by atoms with E-state index in [0.29, 0.717) is 13.1 Å². The Morgan fingerprint density at radius 2 is 2.19 bits per heavy atom. The highest BCUT2D eigenvalue weighted by Crippen LogP contribution is 2.27.